The third kappa shape index (κ3) is 3.38. The maximum Gasteiger partial charge on any atom is 0.271 e. The van der Waals surface area contributed by atoms with Crippen LogP contribution in [-0.4, -0.2) is 38.6 Å². The Bertz CT molecular complexity index is 783. The lowest BCUT2D eigenvalue weighted by Crippen LogP contribution is -2.40. The Hall–Kier alpha value is -1.71. The molecule has 0 radical (unpaired) electrons. The summed E-state index contributed by atoms with van der Waals surface area (Å²) in [7, 11) is 1.84. The summed E-state index contributed by atoms with van der Waals surface area (Å²) in [4.78, 5) is 25.0. The molecule has 7 nitrogen and oxygen atoms in total. The van der Waals surface area contributed by atoms with Crippen molar-refractivity contribution in [2.45, 2.75) is 44.7 Å². The fourth-order valence-electron chi connectivity index (χ4n) is 3.27. The monoisotopic (exact) mass is 442 g/mol. The predicted molar refractivity (Wildman–Crippen MR) is 98.7 cm³/mol. The van der Waals surface area contributed by atoms with Crippen LogP contribution in [0.2, 0.25) is 0 Å². The van der Waals surface area contributed by atoms with Crippen molar-refractivity contribution < 1.29 is 9.72 Å². The number of nitrogens with zero attached hydrogens (tertiary/aromatic N) is 4. The summed E-state index contributed by atoms with van der Waals surface area (Å²) in [6.07, 6.45) is 5.66. The lowest BCUT2D eigenvalue weighted by atomic mass is 9.94. The van der Waals surface area contributed by atoms with Gasteiger partial charge in [-0.2, -0.15) is 5.10 Å². The molecule has 1 aliphatic carbocycles. The summed E-state index contributed by atoms with van der Waals surface area (Å²) < 4.78 is 2.32. The molecule has 3 rings (SSSR count). The summed E-state index contributed by atoms with van der Waals surface area (Å²) in [6.45, 7) is 0.105. The van der Waals surface area contributed by atoms with Gasteiger partial charge in [0.1, 0.15) is 10.2 Å². The van der Waals surface area contributed by atoms with E-state index in [0.717, 1.165) is 34.8 Å². The molecule has 2 aromatic rings. The number of aromatic nitrogens is 2. The van der Waals surface area contributed by atoms with Crippen LogP contribution < -0.4 is 0 Å². The van der Waals surface area contributed by atoms with Gasteiger partial charge in [-0.3, -0.25) is 19.6 Å². The smallest absolute Gasteiger partial charge is 0.271 e. The van der Waals surface area contributed by atoms with E-state index in [0.29, 0.717) is 11.6 Å². The number of nitro groups is 1. The first-order valence-corrected chi connectivity index (χ1v) is 9.11. The number of hydrogen-bond donors (Lipinski definition) is 0. The molecule has 1 saturated carbocycles. The van der Waals surface area contributed by atoms with E-state index in [1.54, 1.807) is 10.7 Å². The SMILES string of the molecule is CN(C(=O)Cn1nc(I)c2ccc([N+](=O)[O-])cc21)C1CCCCC1. The van der Waals surface area contributed by atoms with Crippen molar-refractivity contribution in [2.24, 2.45) is 0 Å². The Morgan fingerprint density at radius 1 is 1.42 bits per heavy atom. The number of nitro benzene ring substituents is 1. The van der Waals surface area contributed by atoms with Crippen molar-refractivity contribution in [3.05, 3.63) is 32.0 Å². The Morgan fingerprint density at radius 2 is 2.12 bits per heavy atom. The highest BCUT2D eigenvalue weighted by Crippen LogP contribution is 2.26. The summed E-state index contributed by atoms with van der Waals surface area (Å²) in [5.41, 5.74) is 0.632. The first-order valence-electron chi connectivity index (χ1n) is 8.03. The second-order valence-electron chi connectivity index (χ2n) is 6.20. The average molecular weight is 442 g/mol. The quantitative estimate of drug-likeness (QED) is 0.413. The molecule has 1 fully saturated rings. The van der Waals surface area contributed by atoms with Crippen LogP contribution in [0.3, 0.4) is 0 Å². The minimum absolute atomic E-state index is 0.00536. The van der Waals surface area contributed by atoms with E-state index in [4.69, 9.17) is 0 Å². The first-order chi connectivity index (χ1) is 11.5. The molecule has 0 unspecified atom stereocenters. The molecule has 1 amide bonds. The molecule has 1 aromatic heterocycles. The van der Waals surface area contributed by atoms with Gasteiger partial charge in [-0.05, 0) is 41.5 Å². The maximum atomic E-state index is 12.6. The van der Waals surface area contributed by atoms with Crippen LogP contribution in [0.25, 0.3) is 10.9 Å². The molecule has 24 heavy (non-hydrogen) atoms. The molecule has 0 aliphatic heterocycles. The van der Waals surface area contributed by atoms with Crippen molar-refractivity contribution in [2.75, 3.05) is 7.05 Å². The molecule has 0 bridgehead atoms. The fourth-order valence-corrected chi connectivity index (χ4v) is 3.98. The Kier molecular flexibility index (Phi) is 5.02. The standard InChI is InChI=1S/C16H19IN4O3/c1-19(11-5-3-2-4-6-11)15(22)10-20-14-9-12(21(23)24)7-8-13(14)16(17)18-20/h7-9,11H,2-6,10H2,1H3. The van der Waals surface area contributed by atoms with E-state index in [1.807, 2.05) is 11.9 Å². The average Bonchev–Trinajstić information content (AvgIpc) is 2.90. The van der Waals surface area contributed by atoms with Crippen LogP contribution >= 0.6 is 22.6 Å². The molecule has 1 heterocycles. The van der Waals surface area contributed by atoms with Crippen molar-refractivity contribution in [1.29, 1.82) is 0 Å². The van der Waals surface area contributed by atoms with Crippen molar-refractivity contribution >= 4 is 45.1 Å². The van der Waals surface area contributed by atoms with Gasteiger partial charge in [0.2, 0.25) is 5.91 Å². The van der Waals surface area contributed by atoms with Gasteiger partial charge in [-0.25, -0.2) is 0 Å². The molecule has 0 N–H and O–H groups in total. The maximum absolute atomic E-state index is 12.6. The molecule has 0 saturated heterocycles. The Morgan fingerprint density at radius 3 is 2.79 bits per heavy atom. The van der Waals surface area contributed by atoms with E-state index in [1.165, 1.54) is 18.6 Å². The fraction of sp³-hybridized carbons (Fsp3) is 0.500. The number of fused-ring (bicyclic) bond motifs is 1. The van der Waals surface area contributed by atoms with Crippen LogP contribution in [0.1, 0.15) is 32.1 Å². The minimum Gasteiger partial charge on any atom is -0.341 e. The number of non-ortho nitro benzene ring substituents is 1. The van der Waals surface area contributed by atoms with Crippen LogP contribution in [-0.2, 0) is 11.3 Å². The summed E-state index contributed by atoms with van der Waals surface area (Å²) in [6, 6.07) is 4.93. The molecule has 0 atom stereocenters. The summed E-state index contributed by atoms with van der Waals surface area (Å²) >= 11 is 2.09. The van der Waals surface area contributed by atoms with Gasteiger partial charge in [0.25, 0.3) is 5.69 Å². The van der Waals surface area contributed by atoms with E-state index in [-0.39, 0.29) is 18.1 Å². The third-order valence-corrected chi connectivity index (χ3v) is 5.50. The minimum atomic E-state index is -0.431. The van der Waals surface area contributed by atoms with Gasteiger partial charge in [0.15, 0.2) is 0 Å². The van der Waals surface area contributed by atoms with Crippen LogP contribution in [0, 0.1) is 13.8 Å². The van der Waals surface area contributed by atoms with Crippen molar-refractivity contribution in [3.63, 3.8) is 0 Å². The van der Waals surface area contributed by atoms with E-state index < -0.39 is 4.92 Å². The molecule has 1 aromatic carbocycles. The highest BCUT2D eigenvalue weighted by Gasteiger charge is 2.23. The van der Waals surface area contributed by atoms with Gasteiger partial charge in [-0.1, -0.05) is 19.3 Å². The van der Waals surface area contributed by atoms with Crippen LogP contribution in [0.15, 0.2) is 18.2 Å². The zero-order valence-corrected chi connectivity index (χ0v) is 15.6. The second-order valence-corrected chi connectivity index (χ2v) is 7.23. The number of carbonyl (C=O) groups is 1. The lowest BCUT2D eigenvalue weighted by molar-refractivity contribution is -0.384. The highest BCUT2D eigenvalue weighted by atomic mass is 127. The van der Waals surface area contributed by atoms with E-state index >= 15 is 0 Å². The van der Waals surface area contributed by atoms with Gasteiger partial charge in [0, 0.05) is 30.6 Å². The number of likely N-dealkylation sites (N-methyl/N-ethyl adjacent to an activating group) is 1. The molecule has 1 aliphatic rings. The van der Waals surface area contributed by atoms with Gasteiger partial charge >= 0.3 is 0 Å². The third-order valence-electron chi connectivity index (χ3n) is 4.70. The molecule has 128 valence electrons. The lowest BCUT2D eigenvalue weighted by Gasteiger charge is -2.31. The van der Waals surface area contributed by atoms with Crippen LogP contribution in [0.5, 0.6) is 0 Å². The normalized spacial score (nSPS) is 15.6. The van der Waals surface area contributed by atoms with Gasteiger partial charge < -0.3 is 4.90 Å². The Balaban J connectivity index is 1.84. The molecule has 0 spiro atoms. The van der Waals surface area contributed by atoms with Crippen molar-refractivity contribution in [3.8, 4) is 0 Å². The molecule has 8 heteroatoms. The summed E-state index contributed by atoms with van der Waals surface area (Å²) in [5, 5.41) is 16.2. The first kappa shape index (κ1) is 17.1. The Labute approximate surface area is 153 Å². The van der Waals surface area contributed by atoms with Gasteiger partial charge in [0.05, 0.1) is 10.4 Å². The van der Waals surface area contributed by atoms with E-state index in [9.17, 15) is 14.9 Å². The van der Waals surface area contributed by atoms with Gasteiger partial charge in [-0.15, -0.1) is 0 Å². The highest BCUT2D eigenvalue weighted by molar-refractivity contribution is 14.1. The van der Waals surface area contributed by atoms with Crippen molar-refractivity contribution in [1.82, 2.24) is 14.7 Å². The molecular weight excluding hydrogens is 423 g/mol. The zero-order valence-electron chi connectivity index (χ0n) is 13.4. The second kappa shape index (κ2) is 7.04. The number of hydrogen-bond acceptors (Lipinski definition) is 4. The predicted octanol–water partition coefficient (Wildman–Crippen LogP) is 3.34. The topological polar surface area (TPSA) is 81.3 Å². The molecular formula is C16H19IN4O3. The van der Waals surface area contributed by atoms with Crippen LogP contribution in [0.4, 0.5) is 5.69 Å². The largest absolute Gasteiger partial charge is 0.341 e. The van der Waals surface area contributed by atoms with E-state index in [2.05, 4.69) is 27.7 Å². The number of carbonyl (C=O) groups excluding carboxylic acids is 1. The number of amides is 1. The number of benzene rings is 1. The number of rotatable bonds is 4. The zero-order chi connectivity index (χ0) is 17.3. The summed E-state index contributed by atoms with van der Waals surface area (Å²) in [5.74, 6) is -0.00536. The number of halogens is 1.